The summed E-state index contributed by atoms with van der Waals surface area (Å²) in [6, 6.07) is 9.89. The van der Waals surface area contributed by atoms with Gasteiger partial charge in [-0.1, -0.05) is 29.8 Å². The van der Waals surface area contributed by atoms with E-state index in [9.17, 15) is 0 Å². The molecule has 2 rings (SSSR count). The molecule has 0 spiro atoms. The lowest BCUT2D eigenvalue weighted by Gasteiger charge is -1.92. The van der Waals surface area contributed by atoms with E-state index in [4.69, 9.17) is 11.6 Å². The van der Waals surface area contributed by atoms with Crippen molar-refractivity contribution in [1.29, 1.82) is 0 Å². The molecule has 15 heavy (non-hydrogen) atoms. The summed E-state index contributed by atoms with van der Waals surface area (Å²) in [5.41, 5.74) is 1.16. The summed E-state index contributed by atoms with van der Waals surface area (Å²) in [4.78, 5) is 1.23. The van der Waals surface area contributed by atoms with Gasteiger partial charge in [0.15, 0.2) is 0 Å². The van der Waals surface area contributed by atoms with Crippen molar-refractivity contribution >= 4 is 51.0 Å². The zero-order valence-corrected chi connectivity index (χ0v) is 10.9. The maximum Gasteiger partial charge on any atom is 0.0406 e. The molecule has 0 radical (unpaired) electrons. The quantitative estimate of drug-likeness (QED) is 0.702. The van der Waals surface area contributed by atoms with Crippen LogP contribution in [0, 0.1) is 0 Å². The third kappa shape index (κ3) is 3.20. The lowest BCUT2D eigenvalue weighted by Crippen LogP contribution is -1.69. The van der Waals surface area contributed by atoms with Crippen LogP contribution in [-0.2, 0) is 0 Å². The minimum absolute atomic E-state index is 0.769. The highest BCUT2D eigenvalue weighted by Gasteiger charge is 1.92. The SMILES string of the molecule is Clc1ccc(/C=C/c2cc(Br)cs2)cc1. The highest BCUT2D eigenvalue weighted by atomic mass is 79.9. The predicted octanol–water partition coefficient (Wildman–Crippen LogP) is 5.33. The zero-order valence-electron chi connectivity index (χ0n) is 7.78. The molecular weight excluding hydrogens is 292 g/mol. The third-order valence-electron chi connectivity index (χ3n) is 1.90. The van der Waals surface area contributed by atoms with Gasteiger partial charge in [-0.05, 0) is 45.8 Å². The Morgan fingerprint density at radius 2 is 1.87 bits per heavy atom. The summed E-state index contributed by atoms with van der Waals surface area (Å²) in [7, 11) is 0. The molecule has 0 saturated heterocycles. The van der Waals surface area contributed by atoms with Crippen molar-refractivity contribution in [2.24, 2.45) is 0 Å². The zero-order chi connectivity index (χ0) is 10.7. The minimum Gasteiger partial charge on any atom is -0.143 e. The highest BCUT2D eigenvalue weighted by Crippen LogP contribution is 2.22. The molecule has 1 heterocycles. The number of thiophene rings is 1. The molecule has 1 aromatic heterocycles. The van der Waals surface area contributed by atoms with Crippen LogP contribution in [0.2, 0.25) is 5.02 Å². The summed E-state index contributed by atoms with van der Waals surface area (Å²) in [5, 5.41) is 2.84. The fraction of sp³-hybridized carbons (Fsp3) is 0. The Morgan fingerprint density at radius 3 is 2.47 bits per heavy atom. The van der Waals surface area contributed by atoms with Gasteiger partial charge < -0.3 is 0 Å². The van der Waals surface area contributed by atoms with Gasteiger partial charge in [0.2, 0.25) is 0 Å². The Balaban J connectivity index is 2.14. The topological polar surface area (TPSA) is 0 Å². The van der Waals surface area contributed by atoms with E-state index in [0.717, 1.165) is 15.1 Å². The van der Waals surface area contributed by atoms with E-state index in [2.05, 4.69) is 39.5 Å². The van der Waals surface area contributed by atoms with Crippen LogP contribution in [0.15, 0.2) is 40.2 Å². The molecule has 0 aliphatic heterocycles. The van der Waals surface area contributed by atoms with E-state index in [1.807, 2.05) is 24.3 Å². The Bertz CT molecular complexity index is 471. The van der Waals surface area contributed by atoms with Crippen LogP contribution in [0.3, 0.4) is 0 Å². The highest BCUT2D eigenvalue weighted by molar-refractivity contribution is 9.10. The van der Waals surface area contributed by atoms with Crippen molar-refractivity contribution in [1.82, 2.24) is 0 Å². The second-order valence-corrected chi connectivity index (χ2v) is 5.35. The molecule has 0 unspecified atom stereocenters. The second-order valence-electron chi connectivity index (χ2n) is 3.05. The van der Waals surface area contributed by atoms with Crippen molar-refractivity contribution in [2.45, 2.75) is 0 Å². The molecule has 0 fully saturated rings. The minimum atomic E-state index is 0.769. The molecule has 0 bridgehead atoms. The molecular formula is C12H8BrClS. The van der Waals surface area contributed by atoms with Gasteiger partial charge in [-0.2, -0.15) is 0 Å². The maximum absolute atomic E-state index is 5.80. The normalized spacial score (nSPS) is 11.1. The largest absolute Gasteiger partial charge is 0.143 e. The summed E-state index contributed by atoms with van der Waals surface area (Å²) < 4.78 is 1.13. The van der Waals surface area contributed by atoms with Gasteiger partial charge in [0, 0.05) is 19.8 Å². The summed E-state index contributed by atoms with van der Waals surface area (Å²) in [6.45, 7) is 0. The first kappa shape index (κ1) is 10.9. The van der Waals surface area contributed by atoms with Crippen molar-refractivity contribution < 1.29 is 0 Å². The van der Waals surface area contributed by atoms with Gasteiger partial charge in [-0.3, -0.25) is 0 Å². The predicted molar refractivity (Wildman–Crippen MR) is 72.4 cm³/mol. The summed E-state index contributed by atoms with van der Waals surface area (Å²) in [6.07, 6.45) is 4.17. The Hall–Kier alpha value is -0.570. The van der Waals surface area contributed by atoms with Gasteiger partial charge >= 0.3 is 0 Å². The van der Waals surface area contributed by atoms with E-state index in [1.54, 1.807) is 11.3 Å². The molecule has 76 valence electrons. The van der Waals surface area contributed by atoms with Crippen molar-refractivity contribution in [2.75, 3.05) is 0 Å². The van der Waals surface area contributed by atoms with Crippen LogP contribution in [0.4, 0.5) is 0 Å². The molecule has 3 heteroatoms. The molecule has 0 atom stereocenters. The molecule has 0 saturated carbocycles. The summed E-state index contributed by atoms with van der Waals surface area (Å²) >= 11 is 10.9. The van der Waals surface area contributed by atoms with Gasteiger partial charge in [-0.25, -0.2) is 0 Å². The van der Waals surface area contributed by atoms with E-state index in [0.29, 0.717) is 0 Å². The lowest BCUT2D eigenvalue weighted by atomic mass is 10.2. The van der Waals surface area contributed by atoms with Crippen LogP contribution in [-0.4, -0.2) is 0 Å². The average molecular weight is 300 g/mol. The first-order valence-electron chi connectivity index (χ1n) is 4.42. The third-order valence-corrected chi connectivity index (χ3v) is 3.81. The standard InChI is InChI=1S/C12H8BrClS/c13-10-7-12(15-8-10)6-3-9-1-4-11(14)5-2-9/h1-8H/b6-3+. The fourth-order valence-corrected chi connectivity index (χ4v) is 2.63. The number of hydrogen-bond donors (Lipinski definition) is 0. The van der Waals surface area contributed by atoms with Crippen molar-refractivity contribution in [3.05, 3.63) is 55.6 Å². The molecule has 2 aromatic rings. The molecule has 0 N–H and O–H groups in total. The van der Waals surface area contributed by atoms with Crippen molar-refractivity contribution in [3.63, 3.8) is 0 Å². The molecule has 0 aliphatic rings. The lowest BCUT2D eigenvalue weighted by molar-refractivity contribution is 1.66. The molecule has 0 nitrogen and oxygen atoms in total. The first-order valence-corrected chi connectivity index (χ1v) is 6.47. The van der Waals surface area contributed by atoms with Crippen LogP contribution < -0.4 is 0 Å². The van der Waals surface area contributed by atoms with Crippen molar-refractivity contribution in [3.8, 4) is 0 Å². The average Bonchev–Trinajstić information content (AvgIpc) is 2.64. The maximum atomic E-state index is 5.80. The Labute approximate surface area is 106 Å². The van der Waals surface area contributed by atoms with E-state index in [-0.39, 0.29) is 0 Å². The summed E-state index contributed by atoms with van der Waals surface area (Å²) in [5.74, 6) is 0. The molecule has 0 amide bonds. The van der Waals surface area contributed by atoms with Crippen LogP contribution in [0.5, 0.6) is 0 Å². The smallest absolute Gasteiger partial charge is 0.0406 e. The van der Waals surface area contributed by atoms with Crippen LogP contribution in [0.1, 0.15) is 10.4 Å². The van der Waals surface area contributed by atoms with E-state index >= 15 is 0 Å². The molecule has 1 aromatic carbocycles. The van der Waals surface area contributed by atoms with Gasteiger partial charge in [0.05, 0.1) is 0 Å². The second kappa shape index (κ2) is 4.97. The fourth-order valence-electron chi connectivity index (χ4n) is 1.17. The van der Waals surface area contributed by atoms with Gasteiger partial charge in [0.25, 0.3) is 0 Å². The number of hydrogen-bond acceptors (Lipinski definition) is 1. The monoisotopic (exact) mass is 298 g/mol. The number of benzene rings is 1. The van der Waals surface area contributed by atoms with Crippen LogP contribution >= 0.6 is 38.9 Å². The molecule has 0 aliphatic carbocycles. The Kier molecular flexibility index (Phi) is 3.62. The number of rotatable bonds is 2. The van der Waals surface area contributed by atoms with E-state index in [1.165, 1.54) is 4.88 Å². The van der Waals surface area contributed by atoms with Crippen LogP contribution in [0.25, 0.3) is 12.2 Å². The van der Waals surface area contributed by atoms with E-state index < -0.39 is 0 Å². The first-order chi connectivity index (χ1) is 7.24. The van der Waals surface area contributed by atoms with Gasteiger partial charge in [0.1, 0.15) is 0 Å². The van der Waals surface area contributed by atoms with Gasteiger partial charge in [-0.15, -0.1) is 11.3 Å². The Morgan fingerprint density at radius 1 is 1.13 bits per heavy atom. The number of halogens is 2.